The van der Waals surface area contributed by atoms with Gasteiger partial charge in [0.25, 0.3) is 0 Å². The number of benzene rings is 2. The van der Waals surface area contributed by atoms with Gasteiger partial charge < -0.3 is 4.74 Å². The molecule has 0 aliphatic heterocycles. The Kier molecular flexibility index (Phi) is 5.84. The van der Waals surface area contributed by atoms with Crippen LogP contribution < -0.4 is 10.2 Å². The topological polar surface area (TPSA) is 33.6 Å². The molecule has 1 N–H and O–H groups in total. The Hall–Kier alpha value is -2.50. The molecule has 0 radical (unpaired) electrons. The minimum Gasteiger partial charge on any atom is -0.494 e. The average Bonchev–Trinajstić information content (AvgIpc) is 2.57. The summed E-state index contributed by atoms with van der Waals surface area (Å²) in [5.41, 5.74) is 3.06. The molecule has 24 heavy (non-hydrogen) atoms. The smallest absolute Gasteiger partial charge is 0.418 e. The number of nitrogens with zero attached hydrogens (tertiary/aromatic N) is 1. The van der Waals surface area contributed by atoms with Crippen molar-refractivity contribution in [1.82, 2.24) is 0 Å². The Morgan fingerprint density at radius 3 is 2.38 bits per heavy atom. The van der Waals surface area contributed by atoms with Crippen LogP contribution in [-0.2, 0) is 6.18 Å². The first kappa shape index (κ1) is 17.8. The maximum atomic E-state index is 12.9. The molecule has 6 heteroatoms. The van der Waals surface area contributed by atoms with Crippen molar-refractivity contribution in [2.75, 3.05) is 12.0 Å². The lowest BCUT2D eigenvalue weighted by molar-refractivity contribution is -0.136. The Balaban J connectivity index is 2.12. The third-order valence-electron chi connectivity index (χ3n) is 3.32. The summed E-state index contributed by atoms with van der Waals surface area (Å²) < 4.78 is 44.3. The second kappa shape index (κ2) is 7.86. The van der Waals surface area contributed by atoms with Crippen molar-refractivity contribution in [2.24, 2.45) is 5.10 Å². The molecule has 0 amide bonds. The highest BCUT2D eigenvalue weighted by molar-refractivity contribution is 5.99. The molecule has 0 unspecified atom stereocenters. The van der Waals surface area contributed by atoms with Crippen LogP contribution in [0.5, 0.6) is 5.75 Å². The molecule has 0 bridgehead atoms. The standard InChI is InChI=1S/C18H19F3N2O/c1-3-12-24-15-10-8-14(9-11-15)13(2)22-23-17-7-5-4-6-16(17)18(19,20)21/h4-11,23H,3,12H2,1-2H3/b22-13+. The number of anilines is 1. The van der Waals surface area contributed by atoms with Gasteiger partial charge in [-0.25, -0.2) is 0 Å². The van der Waals surface area contributed by atoms with Crippen LogP contribution in [0, 0.1) is 0 Å². The monoisotopic (exact) mass is 336 g/mol. The molecule has 2 rings (SSSR count). The lowest BCUT2D eigenvalue weighted by Crippen LogP contribution is -2.09. The normalized spacial score (nSPS) is 12.1. The molecular formula is C18H19F3N2O. The predicted molar refractivity (Wildman–Crippen MR) is 89.5 cm³/mol. The molecule has 128 valence electrons. The fourth-order valence-electron chi connectivity index (χ4n) is 2.05. The van der Waals surface area contributed by atoms with Crippen molar-refractivity contribution >= 4 is 11.4 Å². The van der Waals surface area contributed by atoms with Crippen LogP contribution in [0.4, 0.5) is 18.9 Å². The van der Waals surface area contributed by atoms with E-state index in [1.54, 1.807) is 6.92 Å². The second-order valence-corrected chi connectivity index (χ2v) is 5.23. The summed E-state index contributed by atoms with van der Waals surface area (Å²) in [6.45, 7) is 4.39. The van der Waals surface area contributed by atoms with E-state index in [9.17, 15) is 13.2 Å². The second-order valence-electron chi connectivity index (χ2n) is 5.23. The average molecular weight is 336 g/mol. The van der Waals surface area contributed by atoms with E-state index in [4.69, 9.17) is 4.74 Å². The minimum atomic E-state index is -4.43. The zero-order valence-corrected chi connectivity index (χ0v) is 13.5. The maximum Gasteiger partial charge on any atom is 0.418 e. The molecule has 0 spiro atoms. The summed E-state index contributed by atoms with van der Waals surface area (Å²) in [4.78, 5) is 0. The van der Waals surface area contributed by atoms with Gasteiger partial charge in [0.05, 0.1) is 23.6 Å². The molecule has 0 saturated heterocycles. The molecule has 0 heterocycles. The predicted octanol–water partition coefficient (Wildman–Crippen LogP) is 5.33. The van der Waals surface area contributed by atoms with E-state index in [1.165, 1.54) is 18.2 Å². The molecule has 0 aliphatic carbocycles. The summed E-state index contributed by atoms with van der Waals surface area (Å²) >= 11 is 0. The molecule has 0 saturated carbocycles. The van der Waals surface area contributed by atoms with Gasteiger partial charge in [-0.2, -0.15) is 18.3 Å². The van der Waals surface area contributed by atoms with Crippen molar-refractivity contribution in [3.8, 4) is 5.75 Å². The molecule has 0 aromatic heterocycles. The molecular weight excluding hydrogens is 317 g/mol. The van der Waals surface area contributed by atoms with Crippen LogP contribution in [0.15, 0.2) is 53.6 Å². The third-order valence-corrected chi connectivity index (χ3v) is 3.32. The number of hydrogen-bond acceptors (Lipinski definition) is 3. The van der Waals surface area contributed by atoms with Crippen LogP contribution in [0.1, 0.15) is 31.4 Å². The molecule has 0 atom stereocenters. The van der Waals surface area contributed by atoms with Crippen LogP contribution >= 0.6 is 0 Å². The van der Waals surface area contributed by atoms with Gasteiger partial charge in [-0.3, -0.25) is 5.43 Å². The first-order chi connectivity index (χ1) is 11.4. The number of halogens is 3. The van der Waals surface area contributed by atoms with Gasteiger partial charge in [0.15, 0.2) is 0 Å². The number of nitrogens with one attached hydrogen (secondary N) is 1. The quantitative estimate of drug-likeness (QED) is 0.571. The van der Waals surface area contributed by atoms with Gasteiger partial charge in [0.2, 0.25) is 0 Å². The van der Waals surface area contributed by atoms with Gasteiger partial charge in [-0.05, 0) is 55.3 Å². The summed E-state index contributed by atoms with van der Waals surface area (Å²) in [5, 5.41) is 4.06. The van der Waals surface area contributed by atoms with E-state index in [0.717, 1.165) is 23.8 Å². The van der Waals surface area contributed by atoms with E-state index in [0.29, 0.717) is 12.3 Å². The summed E-state index contributed by atoms with van der Waals surface area (Å²) in [6.07, 6.45) is -3.50. The van der Waals surface area contributed by atoms with Crippen molar-refractivity contribution in [3.63, 3.8) is 0 Å². The Morgan fingerprint density at radius 2 is 1.75 bits per heavy atom. The number of para-hydroxylation sites is 1. The highest BCUT2D eigenvalue weighted by atomic mass is 19.4. The van der Waals surface area contributed by atoms with Crippen LogP contribution in [0.25, 0.3) is 0 Å². The zero-order valence-electron chi connectivity index (χ0n) is 13.5. The van der Waals surface area contributed by atoms with Gasteiger partial charge in [-0.1, -0.05) is 19.1 Å². The first-order valence-electron chi connectivity index (χ1n) is 7.61. The fourth-order valence-corrected chi connectivity index (χ4v) is 2.05. The molecule has 0 aliphatic rings. The van der Waals surface area contributed by atoms with E-state index in [-0.39, 0.29) is 5.69 Å². The van der Waals surface area contributed by atoms with Crippen molar-refractivity contribution in [2.45, 2.75) is 26.4 Å². The lowest BCUT2D eigenvalue weighted by Gasteiger charge is -2.12. The molecule has 3 nitrogen and oxygen atoms in total. The lowest BCUT2D eigenvalue weighted by atomic mass is 10.1. The molecule has 2 aromatic rings. The van der Waals surface area contributed by atoms with Gasteiger partial charge in [0, 0.05) is 0 Å². The van der Waals surface area contributed by atoms with Gasteiger partial charge in [-0.15, -0.1) is 0 Å². The van der Waals surface area contributed by atoms with E-state index in [2.05, 4.69) is 10.5 Å². The van der Waals surface area contributed by atoms with Crippen LogP contribution in [-0.4, -0.2) is 12.3 Å². The molecule has 2 aromatic carbocycles. The van der Waals surface area contributed by atoms with Gasteiger partial charge >= 0.3 is 6.18 Å². The maximum absolute atomic E-state index is 12.9. The van der Waals surface area contributed by atoms with Gasteiger partial charge in [0.1, 0.15) is 5.75 Å². The number of hydrazone groups is 1. The van der Waals surface area contributed by atoms with Crippen LogP contribution in [0.2, 0.25) is 0 Å². The Labute approximate surface area is 139 Å². The Morgan fingerprint density at radius 1 is 1.08 bits per heavy atom. The summed E-state index contributed by atoms with van der Waals surface area (Å²) in [7, 11) is 0. The largest absolute Gasteiger partial charge is 0.494 e. The van der Waals surface area contributed by atoms with Crippen molar-refractivity contribution in [3.05, 3.63) is 59.7 Å². The van der Waals surface area contributed by atoms with E-state index >= 15 is 0 Å². The SMILES string of the molecule is CCCOc1ccc(/C(C)=N/Nc2ccccc2C(F)(F)F)cc1. The van der Waals surface area contributed by atoms with Crippen molar-refractivity contribution in [1.29, 1.82) is 0 Å². The number of alkyl halides is 3. The summed E-state index contributed by atoms with van der Waals surface area (Å²) in [5.74, 6) is 0.753. The van der Waals surface area contributed by atoms with E-state index in [1.807, 2.05) is 31.2 Å². The third kappa shape index (κ3) is 4.75. The zero-order chi connectivity index (χ0) is 17.6. The number of ether oxygens (including phenoxy) is 1. The van der Waals surface area contributed by atoms with Crippen molar-refractivity contribution < 1.29 is 17.9 Å². The number of rotatable bonds is 6. The highest BCUT2D eigenvalue weighted by Crippen LogP contribution is 2.34. The molecule has 0 fully saturated rings. The first-order valence-corrected chi connectivity index (χ1v) is 7.61. The fraction of sp³-hybridized carbons (Fsp3) is 0.278. The number of hydrogen-bond donors (Lipinski definition) is 1. The Bertz CT molecular complexity index is 694. The summed E-state index contributed by atoms with van der Waals surface area (Å²) in [6, 6.07) is 12.5. The highest BCUT2D eigenvalue weighted by Gasteiger charge is 2.33. The minimum absolute atomic E-state index is 0.0766. The van der Waals surface area contributed by atoms with Crippen LogP contribution in [0.3, 0.4) is 0 Å². The van der Waals surface area contributed by atoms with E-state index < -0.39 is 11.7 Å².